The number of hydrogen-bond donors (Lipinski definition) is 3. The van der Waals surface area contributed by atoms with Gasteiger partial charge in [0.2, 0.25) is 5.89 Å². The van der Waals surface area contributed by atoms with Crippen LogP contribution in [-0.4, -0.2) is 22.7 Å². The van der Waals surface area contributed by atoms with Gasteiger partial charge in [0.1, 0.15) is 11.6 Å². The molecule has 0 spiro atoms. The van der Waals surface area contributed by atoms with Crippen molar-refractivity contribution in [1.29, 1.82) is 0 Å². The third-order valence-electron chi connectivity index (χ3n) is 3.26. The average Bonchev–Trinajstić information content (AvgIpc) is 2.84. The van der Waals surface area contributed by atoms with Crippen LogP contribution in [0.25, 0.3) is 0 Å². The average molecular weight is 342 g/mol. The number of nitrogens with zero attached hydrogens (tertiary/aromatic N) is 1. The lowest BCUT2D eigenvalue weighted by atomic mass is 10.1. The molecular weight excluding hydrogens is 325 g/mol. The first kappa shape index (κ1) is 17.2. The first-order valence-corrected chi connectivity index (χ1v) is 7.32. The van der Waals surface area contributed by atoms with Gasteiger partial charge in [0.15, 0.2) is 0 Å². The van der Waals surface area contributed by atoms with Gasteiger partial charge < -0.3 is 20.2 Å². The molecular formula is C15H17ClFN3O3. The minimum absolute atomic E-state index is 0.0248. The maximum Gasteiger partial charge on any atom is 0.315 e. The van der Waals surface area contributed by atoms with Crippen LogP contribution >= 0.6 is 11.6 Å². The van der Waals surface area contributed by atoms with E-state index in [1.54, 1.807) is 6.92 Å². The van der Waals surface area contributed by atoms with Gasteiger partial charge in [-0.05, 0) is 31.5 Å². The molecule has 124 valence electrons. The van der Waals surface area contributed by atoms with E-state index in [-0.39, 0.29) is 18.1 Å². The zero-order valence-corrected chi connectivity index (χ0v) is 13.4. The Labute approximate surface area is 137 Å². The minimum atomic E-state index is -1.04. The van der Waals surface area contributed by atoms with Crippen molar-refractivity contribution in [1.82, 2.24) is 15.6 Å². The summed E-state index contributed by atoms with van der Waals surface area (Å²) in [5, 5.41) is 14.9. The van der Waals surface area contributed by atoms with E-state index in [9.17, 15) is 14.3 Å². The highest BCUT2D eigenvalue weighted by Crippen LogP contribution is 2.19. The van der Waals surface area contributed by atoms with Crippen molar-refractivity contribution in [3.63, 3.8) is 0 Å². The van der Waals surface area contributed by atoms with E-state index in [4.69, 9.17) is 16.0 Å². The van der Waals surface area contributed by atoms with Gasteiger partial charge in [0.25, 0.3) is 0 Å². The van der Waals surface area contributed by atoms with E-state index in [0.29, 0.717) is 17.2 Å². The number of hydrogen-bond acceptors (Lipinski definition) is 4. The highest BCUT2D eigenvalue weighted by Gasteiger charge is 2.12. The highest BCUT2D eigenvalue weighted by molar-refractivity contribution is 6.30. The molecule has 0 radical (unpaired) electrons. The van der Waals surface area contributed by atoms with Gasteiger partial charge in [-0.15, -0.1) is 0 Å². The molecule has 2 amide bonds. The second kappa shape index (κ2) is 7.43. The fraction of sp³-hybridized carbons (Fsp3) is 0.333. The summed E-state index contributed by atoms with van der Waals surface area (Å²) in [7, 11) is 0. The fourth-order valence-corrected chi connectivity index (χ4v) is 1.98. The normalized spacial score (nSPS) is 12.0. The van der Waals surface area contributed by atoms with Crippen molar-refractivity contribution in [2.24, 2.45) is 0 Å². The fourth-order valence-electron chi connectivity index (χ4n) is 1.86. The summed E-state index contributed by atoms with van der Waals surface area (Å²) in [6, 6.07) is 3.48. The summed E-state index contributed by atoms with van der Waals surface area (Å²) < 4.78 is 18.6. The van der Waals surface area contributed by atoms with Crippen LogP contribution in [0, 0.1) is 19.7 Å². The van der Waals surface area contributed by atoms with Gasteiger partial charge in [0, 0.05) is 6.54 Å². The molecule has 2 aromatic rings. The Kier molecular flexibility index (Phi) is 5.57. The summed E-state index contributed by atoms with van der Waals surface area (Å²) >= 11 is 5.57. The Morgan fingerprint density at radius 1 is 1.43 bits per heavy atom. The molecule has 0 fully saturated rings. The summed E-state index contributed by atoms with van der Waals surface area (Å²) in [6.07, 6.45) is -1.04. The van der Waals surface area contributed by atoms with Gasteiger partial charge in [-0.25, -0.2) is 14.2 Å². The topological polar surface area (TPSA) is 87.4 Å². The van der Waals surface area contributed by atoms with Crippen molar-refractivity contribution in [3.8, 4) is 0 Å². The number of carbonyl (C=O) groups is 1. The number of amides is 2. The molecule has 1 aromatic heterocycles. The van der Waals surface area contributed by atoms with Gasteiger partial charge in [0.05, 0.1) is 23.4 Å². The van der Waals surface area contributed by atoms with Crippen LogP contribution in [0.4, 0.5) is 9.18 Å². The number of nitrogens with one attached hydrogen (secondary N) is 2. The van der Waals surface area contributed by atoms with E-state index in [2.05, 4.69) is 15.6 Å². The number of aliphatic hydroxyl groups is 1. The van der Waals surface area contributed by atoms with E-state index < -0.39 is 18.0 Å². The highest BCUT2D eigenvalue weighted by atomic mass is 35.5. The van der Waals surface area contributed by atoms with Crippen LogP contribution in [0.2, 0.25) is 5.02 Å². The maximum absolute atomic E-state index is 13.3. The number of aryl methyl sites for hydroxylation is 2. The molecule has 0 aliphatic heterocycles. The van der Waals surface area contributed by atoms with Gasteiger partial charge in [-0.1, -0.05) is 17.7 Å². The number of urea groups is 1. The zero-order valence-electron chi connectivity index (χ0n) is 12.7. The molecule has 0 aliphatic rings. The molecule has 0 bridgehead atoms. The molecule has 1 atom stereocenters. The number of oxazole rings is 1. The van der Waals surface area contributed by atoms with Gasteiger partial charge in [-0.2, -0.15) is 0 Å². The summed E-state index contributed by atoms with van der Waals surface area (Å²) in [5.74, 6) is 0.472. The molecule has 6 nitrogen and oxygen atoms in total. The monoisotopic (exact) mass is 341 g/mol. The van der Waals surface area contributed by atoms with Crippen molar-refractivity contribution in [2.75, 3.05) is 6.54 Å². The van der Waals surface area contributed by atoms with E-state index >= 15 is 0 Å². The molecule has 0 saturated heterocycles. The number of aliphatic hydroxyl groups excluding tert-OH is 1. The SMILES string of the molecule is Cc1nc(CNC(=O)NCC(O)c2ccc(Cl)c(F)c2)oc1C. The number of rotatable bonds is 5. The van der Waals surface area contributed by atoms with Gasteiger partial charge >= 0.3 is 6.03 Å². The Balaban J connectivity index is 1.80. The van der Waals surface area contributed by atoms with E-state index in [1.165, 1.54) is 12.1 Å². The lowest BCUT2D eigenvalue weighted by Crippen LogP contribution is -2.37. The molecule has 1 heterocycles. The Hall–Kier alpha value is -2.12. The molecule has 1 unspecified atom stereocenters. The number of carbonyl (C=O) groups excluding carboxylic acids is 1. The van der Waals surface area contributed by atoms with Crippen molar-refractivity contribution in [2.45, 2.75) is 26.5 Å². The molecule has 0 aliphatic carbocycles. The molecule has 3 N–H and O–H groups in total. The summed E-state index contributed by atoms with van der Waals surface area (Å²) in [4.78, 5) is 15.8. The van der Waals surface area contributed by atoms with Crippen LogP contribution in [0.5, 0.6) is 0 Å². The predicted molar refractivity (Wildman–Crippen MR) is 82.6 cm³/mol. The lowest BCUT2D eigenvalue weighted by Gasteiger charge is -2.13. The summed E-state index contributed by atoms with van der Waals surface area (Å²) in [6.45, 7) is 3.65. The standard InChI is InChI=1S/C15H17ClFN3O3/c1-8-9(2)23-14(20-8)7-19-15(22)18-6-13(21)10-3-4-11(16)12(17)5-10/h3-5,13,21H,6-7H2,1-2H3,(H2,18,19,22). The molecule has 1 aromatic carbocycles. The number of halogens is 2. The number of benzene rings is 1. The first-order valence-electron chi connectivity index (χ1n) is 6.94. The van der Waals surface area contributed by atoms with Crippen molar-refractivity contribution < 1.29 is 18.7 Å². The third kappa shape index (κ3) is 4.67. The van der Waals surface area contributed by atoms with Crippen LogP contribution < -0.4 is 10.6 Å². The first-order chi connectivity index (χ1) is 10.9. The molecule has 2 rings (SSSR count). The second-order valence-corrected chi connectivity index (χ2v) is 5.41. The number of aromatic nitrogens is 1. The maximum atomic E-state index is 13.3. The van der Waals surface area contributed by atoms with Crippen LogP contribution in [0.3, 0.4) is 0 Å². The minimum Gasteiger partial charge on any atom is -0.444 e. The third-order valence-corrected chi connectivity index (χ3v) is 3.56. The Bertz CT molecular complexity index is 686. The summed E-state index contributed by atoms with van der Waals surface area (Å²) in [5.41, 5.74) is 1.09. The predicted octanol–water partition coefficient (Wildman–Crippen LogP) is 2.62. The van der Waals surface area contributed by atoms with Crippen LogP contribution in [-0.2, 0) is 6.54 Å². The Morgan fingerprint density at radius 2 is 2.17 bits per heavy atom. The molecule has 23 heavy (non-hydrogen) atoms. The van der Waals surface area contributed by atoms with Crippen LogP contribution in [0.15, 0.2) is 22.6 Å². The largest absolute Gasteiger partial charge is 0.444 e. The van der Waals surface area contributed by atoms with Crippen LogP contribution in [0.1, 0.15) is 29.0 Å². The van der Waals surface area contributed by atoms with Gasteiger partial charge in [-0.3, -0.25) is 0 Å². The zero-order chi connectivity index (χ0) is 17.0. The van der Waals surface area contributed by atoms with Crippen molar-refractivity contribution >= 4 is 17.6 Å². The smallest absolute Gasteiger partial charge is 0.315 e. The lowest BCUT2D eigenvalue weighted by molar-refractivity contribution is 0.172. The molecule has 0 saturated carbocycles. The van der Waals surface area contributed by atoms with E-state index in [1.807, 2.05) is 6.92 Å². The van der Waals surface area contributed by atoms with Crippen molar-refractivity contribution in [3.05, 3.63) is 51.9 Å². The second-order valence-electron chi connectivity index (χ2n) is 5.00. The van der Waals surface area contributed by atoms with E-state index in [0.717, 1.165) is 11.8 Å². The molecule has 8 heteroatoms. The quantitative estimate of drug-likeness (QED) is 0.780. The Morgan fingerprint density at radius 3 is 2.78 bits per heavy atom.